The molecule has 0 aliphatic heterocycles. The highest BCUT2D eigenvalue weighted by molar-refractivity contribution is 14.1. The third-order valence-electron chi connectivity index (χ3n) is 3.57. The number of halogens is 1. The molecular formula is C21H15IO. The third kappa shape index (κ3) is 4.17. The number of rotatable bonds is 4. The molecule has 0 aliphatic rings. The molecule has 0 atom stereocenters. The van der Waals surface area contributed by atoms with Gasteiger partial charge in [0.05, 0.1) is 0 Å². The quantitative estimate of drug-likeness (QED) is 0.299. The van der Waals surface area contributed by atoms with E-state index in [2.05, 4.69) is 46.9 Å². The highest BCUT2D eigenvalue weighted by Gasteiger charge is 2.03. The normalized spacial score (nSPS) is 10.8. The van der Waals surface area contributed by atoms with Crippen molar-refractivity contribution in [1.82, 2.24) is 0 Å². The van der Waals surface area contributed by atoms with Crippen molar-refractivity contribution in [1.29, 1.82) is 0 Å². The minimum absolute atomic E-state index is 0.0167. The van der Waals surface area contributed by atoms with Crippen molar-refractivity contribution in [3.63, 3.8) is 0 Å². The molecule has 0 unspecified atom stereocenters. The number of benzene rings is 3. The van der Waals surface area contributed by atoms with Crippen molar-refractivity contribution in [2.45, 2.75) is 0 Å². The molecule has 3 aromatic rings. The Balaban J connectivity index is 1.75. The van der Waals surface area contributed by atoms with Crippen LogP contribution in [-0.2, 0) is 0 Å². The fraction of sp³-hybridized carbons (Fsp3) is 0. The third-order valence-corrected chi connectivity index (χ3v) is 4.29. The molecule has 2 heteroatoms. The first-order valence-electron chi connectivity index (χ1n) is 7.36. The van der Waals surface area contributed by atoms with E-state index in [4.69, 9.17) is 0 Å². The maximum Gasteiger partial charge on any atom is 0.185 e. The maximum absolute atomic E-state index is 12.2. The smallest absolute Gasteiger partial charge is 0.185 e. The molecule has 3 aromatic carbocycles. The summed E-state index contributed by atoms with van der Waals surface area (Å²) in [5.41, 5.74) is 4.00. The van der Waals surface area contributed by atoms with Crippen LogP contribution in [0.5, 0.6) is 0 Å². The second-order valence-electron chi connectivity index (χ2n) is 5.19. The van der Waals surface area contributed by atoms with Crippen LogP contribution in [0.4, 0.5) is 0 Å². The monoisotopic (exact) mass is 410 g/mol. The molecule has 0 radical (unpaired) electrons. The Hall–Kier alpha value is -2.20. The Labute approximate surface area is 149 Å². The number of carbonyl (C=O) groups is 1. The molecule has 0 bridgehead atoms. The van der Waals surface area contributed by atoms with Gasteiger partial charge in [0.25, 0.3) is 0 Å². The van der Waals surface area contributed by atoms with Crippen LogP contribution >= 0.6 is 22.6 Å². The summed E-state index contributed by atoms with van der Waals surface area (Å²) in [4.78, 5) is 12.2. The van der Waals surface area contributed by atoms with E-state index in [0.29, 0.717) is 5.56 Å². The van der Waals surface area contributed by atoms with Crippen molar-refractivity contribution in [2.24, 2.45) is 0 Å². The molecule has 0 aromatic heterocycles. The van der Waals surface area contributed by atoms with E-state index in [-0.39, 0.29) is 5.78 Å². The molecule has 1 nitrogen and oxygen atoms in total. The number of ketones is 1. The molecule has 0 spiro atoms. The van der Waals surface area contributed by atoms with Gasteiger partial charge in [-0.15, -0.1) is 0 Å². The predicted octanol–water partition coefficient (Wildman–Crippen LogP) is 5.85. The zero-order valence-corrected chi connectivity index (χ0v) is 14.6. The first-order chi connectivity index (χ1) is 11.2. The van der Waals surface area contributed by atoms with Gasteiger partial charge < -0.3 is 0 Å². The van der Waals surface area contributed by atoms with Gasteiger partial charge in [-0.3, -0.25) is 4.79 Å². The number of hydrogen-bond acceptors (Lipinski definition) is 1. The van der Waals surface area contributed by atoms with Crippen LogP contribution in [0.2, 0.25) is 0 Å². The molecule has 0 saturated heterocycles. The second-order valence-corrected chi connectivity index (χ2v) is 6.44. The summed E-state index contributed by atoms with van der Waals surface area (Å²) in [7, 11) is 0. The summed E-state index contributed by atoms with van der Waals surface area (Å²) >= 11 is 2.29. The van der Waals surface area contributed by atoms with Crippen molar-refractivity contribution in [2.75, 3.05) is 0 Å². The van der Waals surface area contributed by atoms with Gasteiger partial charge in [-0.2, -0.15) is 0 Å². The molecule has 112 valence electrons. The summed E-state index contributed by atoms with van der Waals surface area (Å²) in [6, 6.07) is 25.9. The van der Waals surface area contributed by atoms with Gasteiger partial charge in [-0.1, -0.05) is 72.8 Å². The molecule has 0 heterocycles. The molecule has 0 amide bonds. The summed E-state index contributed by atoms with van der Waals surface area (Å²) in [6.07, 6.45) is 3.46. The van der Waals surface area contributed by atoms with Gasteiger partial charge in [-0.25, -0.2) is 0 Å². The average molecular weight is 410 g/mol. The zero-order valence-electron chi connectivity index (χ0n) is 12.4. The Kier molecular flexibility index (Phi) is 5.03. The highest BCUT2D eigenvalue weighted by atomic mass is 127. The van der Waals surface area contributed by atoms with Crippen LogP contribution in [0.25, 0.3) is 17.2 Å². The van der Waals surface area contributed by atoms with E-state index < -0.39 is 0 Å². The zero-order chi connectivity index (χ0) is 16.1. The van der Waals surface area contributed by atoms with Crippen LogP contribution < -0.4 is 0 Å². The van der Waals surface area contributed by atoms with Crippen LogP contribution in [-0.4, -0.2) is 5.78 Å². The topological polar surface area (TPSA) is 17.1 Å². The molecule has 3 rings (SSSR count). The number of carbonyl (C=O) groups excluding carboxylic acids is 1. The molecule has 0 aliphatic carbocycles. The Morgan fingerprint density at radius 2 is 1.30 bits per heavy atom. The first-order valence-corrected chi connectivity index (χ1v) is 8.44. The summed E-state index contributed by atoms with van der Waals surface area (Å²) in [6.45, 7) is 0. The summed E-state index contributed by atoms with van der Waals surface area (Å²) < 4.78 is 1.21. The Morgan fingerprint density at radius 1 is 0.739 bits per heavy atom. The van der Waals surface area contributed by atoms with E-state index in [9.17, 15) is 4.79 Å². The minimum atomic E-state index is 0.0167. The lowest BCUT2D eigenvalue weighted by Gasteiger charge is -2.03. The minimum Gasteiger partial charge on any atom is -0.289 e. The van der Waals surface area contributed by atoms with Gasteiger partial charge >= 0.3 is 0 Å². The lowest BCUT2D eigenvalue weighted by Crippen LogP contribution is -1.93. The van der Waals surface area contributed by atoms with Crippen LogP contribution in [0, 0.1) is 3.57 Å². The molecule has 0 N–H and O–H groups in total. The second kappa shape index (κ2) is 7.38. The Bertz CT molecular complexity index is 816. The first kappa shape index (κ1) is 15.7. The lowest BCUT2D eigenvalue weighted by molar-refractivity contribution is 0.104. The fourth-order valence-electron chi connectivity index (χ4n) is 2.30. The van der Waals surface area contributed by atoms with E-state index in [1.807, 2.05) is 60.7 Å². The molecule has 0 fully saturated rings. The van der Waals surface area contributed by atoms with Crippen molar-refractivity contribution < 1.29 is 4.79 Å². The van der Waals surface area contributed by atoms with Gasteiger partial charge in [0, 0.05) is 9.13 Å². The van der Waals surface area contributed by atoms with Gasteiger partial charge in [0.15, 0.2) is 5.78 Å². The largest absolute Gasteiger partial charge is 0.289 e. The molecular weight excluding hydrogens is 395 g/mol. The number of hydrogen-bond donors (Lipinski definition) is 0. The Morgan fingerprint density at radius 3 is 1.91 bits per heavy atom. The van der Waals surface area contributed by atoms with Crippen LogP contribution in [0.3, 0.4) is 0 Å². The van der Waals surface area contributed by atoms with Gasteiger partial charge in [-0.05, 0) is 57.5 Å². The molecule has 23 heavy (non-hydrogen) atoms. The van der Waals surface area contributed by atoms with E-state index in [1.54, 1.807) is 6.08 Å². The summed E-state index contributed by atoms with van der Waals surface area (Å²) in [5.74, 6) is 0.0167. The fourth-order valence-corrected chi connectivity index (χ4v) is 2.66. The lowest BCUT2D eigenvalue weighted by atomic mass is 10.0. The predicted molar refractivity (Wildman–Crippen MR) is 104 cm³/mol. The van der Waals surface area contributed by atoms with Crippen LogP contribution in [0.15, 0.2) is 84.9 Å². The van der Waals surface area contributed by atoms with Crippen molar-refractivity contribution in [3.8, 4) is 11.1 Å². The average Bonchev–Trinajstić information content (AvgIpc) is 2.61. The van der Waals surface area contributed by atoms with E-state index >= 15 is 0 Å². The SMILES string of the molecule is O=C(C=Cc1ccccc1)c1ccc(-c2ccc(I)cc2)cc1. The van der Waals surface area contributed by atoms with Gasteiger partial charge in [0.1, 0.15) is 0 Å². The van der Waals surface area contributed by atoms with Gasteiger partial charge in [0.2, 0.25) is 0 Å². The standard InChI is InChI=1S/C21H15IO/c22-20-13-11-18(12-14-20)17-7-9-19(10-8-17)21(23)15-6-16-4-2-1-3-5-16/h1-15H. The number of allylic oxidation sites excluding steroid dienone is 1. The van der Waals surface area contributed by atoms with Crippen molar-refractivity contribution in [3.05, 3.63) is 99.6 Å². The van der Waals surface area contributed by atoms with E-state index in [1.165, 1.54) is 3.57 Å². The molecule has 0 saturated carbocycles. The van der Waals surface area contributed by atoms with Crippen molar-refractivity contribution >= 4 is 34.5 Å². The van der Waals surface area contributed by atoms with E-state index in [0.717, 1.165) is 16.7 Å². The van der Waals surface area contributed by atoms with Crippen LogP contribution in [0.1, 0.15) is 15.9 Å². The summed E-state index contributed by atoms with van der Waals surface area (Å²) in [5, 5.41) is 0. The highest BCUT2D eigenvalue weighted by Crippen LogP contribution is 2.21. The maximum atomic E-state index is 12.2.